The number of hydrogen-bond donors (Lipinski definition) is 1. The Hall–Kier alpha value is -1.64. The molecule has 0 aromatic heterocycles. The van der Waals surface area contributed by atoms with Crippen molar-refractivity contribution in [2.24, 2.45) is 11.8 Å². The summed E-state index contributed by atoms with van der Waals surface area (Å²) in [5, 5.41) is 3.47. The van der Waals surface area contributed by atoms with E-state index < -0.39 is 0 Å². The Morgan fingerprint density at radius 1 is 0.870 bits per heavy atom. The first kappa shape index (κ1) is 16.2. The van der Waals surface area contributed by atoms with Crippen LogP contribution in [0.25, 0.3) is 0 Å². The summed E-state index contributed by atoms with van der Waals surface area (Å²) in [6, 6.07) is 21.6. The van der Waals surface area contributed by atoms with Crippen molar-refractivity contribution < 1.29 is 4.79 Å². The van der Waals surface area contributed by atoms with Crippen LogP contribution in [0.15, 0.2) is 60.7 Å². The summed E-state index contributed by atoms with van der Waals surface area (Å²) in [7, 11) is 0. The molecule has 2 aliphatic rings. The van der Waals surface area contributed by atoms with Crippen LogP contribution in [0.4, 0.5) is 0 Å². The third-order valence-electron chi connectivity index (χ3n) is 5.60. The van der Waals surface area contributed by atoms with Crippen LogP contribution in [-0.2, 0) is 10.2 Å². The number of hydrogen-bond acceptors (Lipinski definition) is 2. The molecule has 2 aromatic rings. The molecule has 1 saturated heterocycles. The van der Waals surface area contributed by atoms with E-state index in [2.05, 4.69) is 66.0 Å². The molecule has 0 radical (unpaired) electrons. The molecule has 3 heteroatoms. The molecule has 2 nitrogen and oxygen atoms in total. The highest BCUT2D eigenvalue weighted by Gasteiger charge is 2.52. The monoisotopic (exact) mass is 327 g/mol. The maximum Gasteiger partial charge on any atom is 0.137 e. The van der Waals surface area contributed by atoms with Gasteiger partial charge in [-0.15, -0.1) is 12.4 Å². The number of ketones is 1. The number of carbonyl (C=O) groups excluding carboxylic acids is 1. The van der Waals surface area contributed by atoms with Gasteiger partial charge in [0.2, 0.25) is 0 Å². The molecular formula is C20H22ClNO. The Bertz CT molecular complexity index is 631. The average Bonchev–Trinajstić information content (AvgIpc) is 3.08. The van der Waals surface area contributed by atoms with E-state index >= 15 is 0 Å². The highest BCUT2D eigenvalue weighted by Crippen LogP contribution is 2.50. The third kappa shape index (κ3) is 2.50. The van der Waals surface area contributed by atoms with Gasteiger partial charge >= 0.3 is 0 Å². The van der Waals surface area contributed by atoms with E-state index in [0.29, 0.717) is 18.1 Å². The zero-order valence-electron chi connectivity index (χ0n) is 13.1. The van der Waals surface area contributed by atoms with Crippen LogP contribution in [0, 0.1) is 11.8 Å². The quantitative estimate of drug-likeness (QED) is 0.913. The fourth-order valence-corrected chi connectivity index (χ4v) is 4.58. The zero-order valence-corrected chi connectivity index (χ0v) is 13.9. The average molecular weight is 328 g/mol. The summed E-state index contributed by atoms with van der Waals surface area (Å²) in [6.07, 6.45) is 1.61. The molecule has 120 valence electrons. The Kier molecular flexibility index (Phi) is 4.56. The molecule has 2 aromatic carbocycles. The molecule has 2 atom stereocenters. The summed E-state index contributed by atoms with van der Waals surface area (Å²) in [5.74, 6) is 0.963. The van der Waals surface area contributed by atoms with E-state index in [9.17, 15) is 4.79 Å². The lowest BCUT2D eigenvalue weighted by Gasteiger charge is -2.45. The SMILES string of the molecule is Cl.O=C1CCC(c2ccccc2)(c2ccccc2)[C@@H]2CNC[C@H]12. The Balaban J connectivity index is 0.00000156. The maximum atomic E-state index is 12.4. The Morgan fingerprint density at radius 2 is 1.43 bits per heavy atom. The zero-order chi connectivity index (χ0) is 15.0. The van der Waals surface area contributed by atoms with Crippen LogP contribution in [0.1, 0.15) is 24.0 Å². The van der Waals surface area contributed by atoms with Gasteiger partial charge in [-0.05, 0) is 30.0 Å². The fourth-order valence-electron chi connectivity index (χ4n) is 4.58. The van der Waals surface area contributed by atoms with Gasteiger partial charge in [0.05, 0.1) is 0 Å². The molecular weight excluding hydrogens is 306 g/mol. The predicted octanol–water partition coefficient (Wildman–Crippen LogP) is 3.59. The van der Waals surface area contributed by atoms with Crippen molar-refractivity contribution in [3.05, 3.63) is 71.8 Å². The van der Waals surface area contributed by atoms with Crippen molar-refractivity contribution in [1.82, 2.24) is 5.32 Å². The molecule has 1 aliphatic heterocycles. The summed E-state index contributed by atoms with van der Waals surface area (Å²) in [6.45, 7) is 1.77. The van der Waals surface area contributed by atoms with Gasteiger partial charge in [0, 0.05) is 24.3 Å². The van der Waals surface area contributed by atoms with Gasteiger partial charge < -0.3 is 5.32 Å². The number of benzene rings is 2. The lowest BCUT2D eigenvalue weighted by atomic mass is 9.56. The van der Waals surface area contributed by atoms with E-state index in [1.807, 2.05) is 0 Å². The number of Topliss-reactive ketones (excluding diaryl/α,β-unsaturated/α-hetero) is 1. The maximum absolute atomic E-state index is 12.4. The minimum atomic E-state index is -0.0371. The second-order valence-electron chi connectivity index (χ2n) is 6.54. The van der Waals surface area contributed by atoms with Crippen molar-refractivity contribution >= 4 is 18.2 Å². The lowest BCUT2D eigenvalue weighted by Crippen LogP contribution is -2.47. The lowest BCUT2D eigenvalue weighted by molar-refractivity contribution is -0.126. The van der Waals surface area contributed by atoms with Crippen LogP contribution >= 0.6 is 12.4 Å². The first-order chi connectivity index (χ1) is 10.8. The smallest absolute Gasteiger partial charge is 0.137 e. The van der Waals surface area contributed by atoms with Crippen LogP contribution in [-0.4, -0.2) is 18.9 Å². The van der Waals surface area contributed by atoms with Crippen molar-refractivity contribution in [1.29, 1.82) is 0 Å². The molecule has 23 heavy (non-hydrogen) atoms. The van der Waals surface area contributed by atoms with E-state index in [1.165, 1.54) is 11.1 Å². The minimum Gasteiger partial charge on any atom is -0.316 e. The number of halogens is 1. The fraction of sp³-hybridized carbons (Fsp3) is 0.350. The summed E-state index contributed by atoms with van der Waals surface area (Å²) < 4.78 is 0. The van der Waals surface area contributed by atoms with Gasteiger partial charge in [0.1, 0.15) is 5.78 Å². The van der Waals surface area contributed by atoms with E-state index in [1.54, 1.807) is 0 Å². The third-order valence-corrected chi connectivity index (χ3v) is 5.60. The Morgan fingerprint density at radius 3 is 2.00 bits per heavy atom. The first-order valence-corrected chi connectivity index (χ1v) is 8.17. The van der Waals surface area contributed by atoms with Gasteiger partial charge in [-0.2, -0.15) is 0 Å². The number of carbonyl (C=O) groups is 1. The number of fused-ring (bicyclic) bond motifs is 1. The molecule has 0 spiro atoms. The normalized spacial score (nSPS) is 25.5. The molecule has 1 saturated carbocycles. The second-order valence-corrected chi connectivity index (χ2v) is 6.54. The molecule has 1 aliphatic carbocycles. The van der Waals surface area contributed by atoms with Gasteiger partial charge in [-0.25, -0.2) is 0 Å². The van der Waals surface area contributed by atoms with E-state index in [4.69, 9.17) is 0 Å². The molecule has 0 unspecified atom stereocenters. The van der Waals surface area contributed by atoms with Crippen LogP contribution in [0.5, 0.6) is 0 Å². The topological polar surface area (TPSA) is 29.1 Å². The van der Waals surface area contributed by atoms with Crippen LogP contribution in [0.3, 0.4) is 0 Å². The van der Waals surface area contributed by atoms with Crippen molar-refractivity contribution in [3.8, 4) is 0 Å². The van der Waals surface area contributed by atoms with Gasteiger partial charge in [0.25, 0.3) is 0 Å². The molecule has 0 amide bonds. The van der Waals surface area contributed by atoms with Crippen molar-refractivity contribution in [2.75, 3.05) is 13.1 Å². The second kappa shape index (κ2) is 6.46. The highest BCUT2D eigenvalue weighted by molar-refractivity contribution is 5.85. The minimum absolute atomic E-state index is 0. The molecule has 0 bridgehead atoms. The van der Waals surface area contributed by atoms with E-state index in [0.717, 1.165) is 19.5 Å². The van der Waals surface area contributed by atoms with Gasteiger partial charge in [-0.1, -0.05) is 60.7 Å². The molecule has 1 N–H and O–H groups in total. The predicted molar refractivity (Wildman–Crippen MR) is 95.0 cm³/mol. The summed E-state index contributed by atoms with van der Waals surface area (Å²) in [4.78, 5) is 12.4. The Labute approximate surface area is 143 Å². The molecule has 1 heterocycles. The van der Waals surface area contributed by atoms with Gasteiger partial charge in [-0.3, -0.25) is 4.79 Å². The standard InChI is InChI=1S/C20H21NO.ClH/c22-19-11-12-20(15-7-3-1-4-8-15,16-9-5-2-6-10-16)18-14-21-13-17(18)19;/h1-10,17-18,21H,11-14H2;1H/t17-,18+;/m0./s1. The van der Waals surface area contributed by atoms with Crippen LogP contribution < -0.4 is 5.32 Å². The highest BCUT2D eigenvalue weighted by atomic mass is 35.5. The van der Waals surface area contributed by atoms with Crippen molar-refractivity contribution in [3.63, 3.8) is 0 Å². The molecule has 4 rings (SSSR count). The van der Waals surface area contributed by atoms with Gasteiger partial charge in [0.15, 0.2) is 0 Å². The van der Waals surface area contributed by atoms with Crippen LogP contribution in [0.2, 0.25) is 0 Å². The molecule has 2 fully saturated rings. The summed E-state index contributed by atoms with van der Waals surface area (Å²) >= 11 is 0. The number of rotatable bonds is 2. The largest absolute Gasteiger partial charge is 0.316 e. The van der Waals surface area contributed by atoms with E-state index in [-0.39, 0.29) is 23.7 Å². The van der Waals surface area contributed by atoms with Crippen molar-refractivity contribution in [2.45, 2.75) is 18.3 Å². The number of nitrogens with one attached hydrogen (secondary N) is 1. The first-order valence-electron chi connectivity index (χ1n) is 8.17. The summed E-state index contributed by atoms with van der Waals surface area (Å²) in [5.41, 5.74) is 2.67.